The molecule has 278 valence electrons. The van der Waals surface area contributed by atoms with Crippen LogP contribution in [0.25, 0.3) is 0 Å². The fraction of sp³-hybridized carbons (Fsp3) is 0.838. The summed E-state index contributed by atoms with van der Waals surface area (Å²) in [7, 11) is 2.04. The second kappa shape index (κ2) is 15.3. The average molecular weight is 693 g/mol. The van der Waals surface area contributed by atoms with E-state index in [2.05, 4.69) is 16.5 Å². The molecule has 1 spiro atoms. The molecule has 0 radical (unpaired) electrons. The van der Waals surface area contributed by atoms with Crippen molar-refractivity contribution in [1.82, 2.24) is 4.90 Å². The molecule has 5 aliphatic heterocycles. The molecule has 0 aromatic carbocycles. The minimum absolute atomic E-state index is 0.0259. The van der Waals surface area contributed by atoms with E-state index in [4.69, 9.17) is 23.7 Å². The smallest absolute Gasteiger partial charge is 0.311 e. The van der Waals surface area contributed by atoms with Crippen LogP contribution in [0.2, 0.25) is 0 Å². The Balaban J connectivity index is 1.86. The van der Waals surface area contributed by atoms with Gasteiger partial charge in [0.25, 0.3) is 0 Å². The van der Waals surface area contributed by atoms with Crippen molar-refractivity contribution in [2.75, 3.05) is 20.2 Å². The molecule has 12 heteroatoms. The number of ether oxygens (including phenoxy) is 5. The highest BCUT2D eigenvalue weighted by Gasteiger charge is 2.73. The molecule has 0 aromatic heterocycles. The standard InChI is InChI=1S/C37H60N2O10/c1-12-14-39(11)26-15-21(4)46-29(16-26)48-33-23(6)31(42)24(7)34(43)47-28(13-2)35(9,44)32-22(5)30(38-25(8)40)20(3)17-37(36(33,10)49-37)18-27(41)19-45-32/h12,20-24,26,28-29,31-33,42,44H,1,13-19H2,2-11H3/t20-,21?,22?,23+,24?,26?,28?,29?,31+,32?,33-,35-,36+,37?/m1/s1. The molecule has 5 aliphatic rings. The number of rotatable bonds is 6. The van der Waals surface area contributed by atoms with Crippen LogP contribution in [0, 0.1) is 23.7 Å². The van der Waals surface area contributed by atoms with Crippen molar-refractivity contribution in [2.45, 2.75) is 154 Å². The summed E-state index contributed by atoms with van der Waals surface area (Å²) in [6.07, 6.45) is -1.19. The Morgan fingerprint density at radius 3 is 2.43 bits per heavy atom. The molecule has 2 N–H and O–H groups in total. The number of nitrogens with zero attached hydrogens (tertiary/aromatic N) is 2. The molecule has 0 aromatic rings. The minimum atomic E-state index is -1.78. The number of esters is 1. The van der Waals surface area contributed by atoms with Crippen LogP contribution in [-0.2, 0) is 38.1 Å². The summed E-state index contributed by atoms with van der Waals surface area (Å²) < 4.78 is 32.1. The second-order valence-corrected chi connectivity index (χ2v) is 15.6. The number of hydrogen-bond acceptors (Lipinski definition) is 11. The van der Waals surface area contributed by atoms with E-state index < -0.39 is 77.1 Å². The summed E-state index contributed by atoms with van der Waals surface area (Å²) in [5.41, 5.74) is -3.45. The third-order valence-corrected chi connectivity index (χ3v) is 11.6. The number of Topliss-reactive ketones (excluding diaryl/α,β-unsaturated/α-hetero) is 1. The van der Waals surface area contributed by atoms with E-state index in [1.807, 2.05) is 40.8 Å². The number of aliphatic hydroxyl groups is 2. The van der Waals surface area contributed by atoms with Gasteiger partial charge >= 0.3 is 5.97 Å². The first-order valence-electron chi connectivity index (χ1n) is 18.0. The molecule has 5 heterocycles. The Hall–Kier alpha value is -2.06. The zero-order chi connectivity index (χ0) is 36.6. The number of ketones is 1. The number of aliphatic imine (C=N–C) groups is 1. The summed E-state index contributed by atoms with van der Waals surface area (Å²) in [5.74, 6) is -4.04. The van der Waals surface area contributed by atoms with Gasteiger partial charge in [-0.3, -0.25) is 19.3 Å². The minimum Gasteiger partial charge on any atom is -0.459 e. The molecule has 49 heavy (non-hydrogen) atoms. The van der Waals surface area contributed by atoms with Gasteiger partial charge in [0.05, 0.1) is 30.3 Å². The predicted octanol–water partition coefficient (Wildman–Crippen LogP) is 3.64. The molecule has 1 amide bonds. The average Bonchev–Trinajstić information content (AvgIpc) is 3.60. The van der Waals surface area contributed by atoms with Crippen molar-refractivity contribution in [2.24, 2.45) is 28.7 Å². The third kappa shape index (κ3) is 8.05. The predicted molar refractivity (Wildman–Crippen MR) is 183 cm³/mol. The summed E-state index contributed by atoms with van der Waals surface area (Å²) in [5, 5.41) is 23.9. The van der Waals surface area contributed by atoms with Gasteiger partial charge in [-0.05, 0) is 59.9 Å². The largest absolute Gasteiger partial charge is 0.459 e. The third-order valence-electron chi connectivity index (χ3n) is 11.6. The van der Waals surface area contributed by atoms with Crippen molar-refractivity contribution in [1.29, 1.82) is 0 Å². The lowest BCUT2D eigenvalue weighted by atomic mass is 9.72. The highest BCUT2D eigenvalue weighted by Crippen LogP contribution is 2.59. The lowest BCUT2D eigenvalue weighted by Gasteiger charge is -2.42. The maximum Gasteiger partial charge on any atom is 0.311 e. The van der Waals surface area contributed by atoms with Gasteiger partial charge in [-0.1, -0.05) is 33.8 Å². The van der Waals surface area contributed by atoms with Gasteiger partial charge in [0.1, 0.15) is 29.5 Å². The number of epoxide rings is 1. The zero-order valence-corrected chi connectivity index (χ0v) is 31.1. The molecule has 2 bridgehead atoms. The Morgan fingerprint density at radius 1 is 1.14 bits per heavy atom. The quantitative estimate of drug-likeness (QED) is 0.238. The number of likely N-dealkylation sites (N-methyl/N-ethyl adjacent to an activating group) is 1. The monoisotopic (exact) mass is 692 g/mol. The number of carbonyl (C=O) groups excluding carboxylic acids is 3. The number of aliphatic hydroxyl groups excluding tert-OH is 1. The zero-order valence-electron chi connectivity index (χ0n) is 31.1. The van der Waals surface area contributed by atoms with E-state index >= 15 is 0 Å². The Kier molecular flexibility index (Phi) is 12.4. The van der Waals surface area contributed by atoms with Gasteiger partial charge < -0.3 is 33.9 Å². The van der Waals surface area contributed by atoms with Crippen LogP contribution in [0.15, 0.2) is 17.6 Å². The fourth-order valence-electron chi connectivity index (χ4n) is 8.81. The summed E-state index contributed by atoms with van der Waals surface area (Å²) in [6.45, 7) is 19.9. The van der Waals surface area contributed by atoms with Gasteiger partial charge in [0.15, 0.2) is 12.1 Å². The molecule has 14 atom stereocenters. The van der Waals surface area contributed by atoms with Crippen molar-refractivity contribution in [3.8, 4) is 0 Å². The fourth-order valence-corrected chi connectivity index (χ4v) is 8.81. The van der Waals surface area contributed by atoms with Crippen LogP contribution in [0.5, 0.6) is 0 Å². The number of amides is 1. The molecule has 5 fully saturated rings. The SMILES string of the molecule is C=CCN(C)C1CC(C)OC(O[C@@H]2[C@@H](C)[C@H](O)C(C)C(=O)OC(CC)[C@@](C)(O)C3OCC(=O)CC4(C[C@@H](C)C(=NC(C)=O)C3C)O[C@@]24C)C1. The van der Waals surface area contributed by atoms with Crippen molar-refractivity contribution < 1.29 is 48.3 Å². The lowest BCUT2D eigenvalue weighted by Crippen LogP contribution is -2.57. The molecule has 5 saturated heterocycles. The van der Waals surface area contributed by atoms with E-state index in [0.717, 1.165) is 6.42 Å². The molecule has 5 rings (SSSR count). The summed E-state index contributed by atoms with van der Waals surface area (Å²) in [6, 6.07) is 0.149. The Bertz CT molecular complexity index is 1270. The lowest BCUT2D eigenvalue weighted by molar-refractivity contribution is -0.245. The molecule has 0 aliphatic carbocycles. The van der Waals surface area contributed by atoms with E-state index in [9.17, 15) is 24.6 Å². The highest BCUT2D eigenvalue weighted by atomic mass is 16.7. The van der Waals surface area contributed by atoms with Gasteiger partial charge in [0, 0.05) is 49.9 Å². The van der Waals surface area contributed by atoms with Crippen LogP contribution < -0.4 is 0 Å². The van der Waals surface area contributed by atoms with Crippen LogP contribution in [0.1, 0.15) is 94.4 Å². The highest BCUT2D eigenvalue weighted by molar-refractivity contribution is 5.98. The first-order valence-corrected chi connectivity index (χ1v) is 18.0. The van der Waals surface area contributed by atoms with Crippen molar-refractivity contribution in [3.63, 3.8) is 0 Å². The molecule has 8 unspecified atom stereocenters. The maximum atomic E-state index is 13.8. The van der Waals surface area contributed by atoms with Crippen molar-refractivity contribution in [3.05, 3.63) is 12.7 Å². The van der Waals surface area contributed by atoms with Gasteiger partial charge in [-0.25, -0.2) is 4.99 Å². The Labute approximate surface area is 291 Å². The normalized spacial score (nSPS) is 46.2. The van der Waals surface area contributed by atoms with Crippen LogP contribution in [0.4, 0.5) is 0 Å². The van der Waals surface area contributed by atoms with Gasteiger partial charge in [-0.2, -0.15) is 0 Å². The topological polar surface area (TPSA) is 157 Å². The first-order chi connectivity index (χ1) is 22.8. The van der Waals surface area contributed by atoms with Crippen LogP contribution >= 0.6 is 0 Å². The number of fused-ring (bicyclic) bond motifs is 13. The maximum absolute atomic E-state index is 13.8. The van der Waals surface area contributed by atoms with Gasteiger partial charge in [0.2, 0.25) is 5.91 Å². The summed E-state index contributed by atoms with van der Waals surface area (Å²) >= 11 is 0. The second-order valence-electron chi connectivity index (χ2n) is 15.6. The van der Waals surface area contributed by atoms with E-state index in [-0.39, 0.29) is 43.3 Å². The molecule has 12 nitrogen and oxygen atoms in total. The summed E-state index contributed by atoms with van der Waals surface area (Å²) in [4.78, 5) is 46.7. The molecule has 0 saturated carbocycles. The first kappa shape index (κ1) is 39.7. The van der Waals surface area contributed by atoms with E-state index in [1.54, 1.807) is 20.8 Å². The van der Waals surface area contributed by atoms with Crippen LogP contribution in [0.3, 0.4) is 0 Å². The van der Waals surface area contributed by atoms with Crippen molar-refractivity contribution >= 4 is 23.4 Å². The number of carbonyl (C=O) groups is 3. The van der Waals surface area contributed by atoms with Crippen LogP contribution in [-0.4, -0.2) is 118 Å². The Morgan fingerprint density at radius 2 is 1.82 bits per heavy atom. The molecular formula is C37H60N2O10. The molecular weight excluding hydrogens is 632 g/mol. The van der Waals surface area contributed by atoms with Gasteiger partial charge in [-0.15, -0.1) is 6.58 Å². The van der Waals surface area contributed by atoms with E-state index in [1.165, 1.54) is 13.8 Å². The number of hydrogen-bond donors (Lipinski definition) is 2. The van der Waals surface area contributed by atoms with E-state index in [0.29, 0.717) is 25.1 Å².